The number of benzene rings is 2. The quantitative estimate of drug-likeness (QED) is 0.721. The molecule has 122 valence electrons. The standard InChI is InChI=1S/C18H13Cl2NO3/c19-13-4-1-11(2-5-13)7-12-3-6-14-15(8-12)18(21-9-16(14)20)24-10-17(22)23/h1-6,8-9H,7,10H2,(H,22,23). The van der Waals surface area contributed by atoms with E-state index in [2.05, 4.69) is 4.98 Å². The van der Waals surface area contributed by atoms with E-state index >= 15 is 0 Å². The van der Waals surface area contributed by atoms with Gasteiger partial charge in [-0.05, 0) is 35.7 Å². The van der Waals surface area contributed by atoms with Gasteiger partial charge in [0.2, 0.25) is 5.88 Å². The molecule has 0 bridgehead atoms. The lowest BCUT2D eigenvalue weighted by molar-refractivity contribution is -0.139. The summed E-state index contributed by atoms with van der Waals surface area (Å²) in [7, 11) is 0. The molecular weight excluding hydrogens is 349 g/mol. The number of carboxylic acids is 1. The summed E-state index contributed by atoms with van der Waals surface area (Å²) in [5.41, 5.74) is 2.15. The summed E-state index contributed by atoms with van der Waals surface area (Å²) in [4.78, 5) is 14.8. The minimum atomic E-state index is -1.06. The molecule has 1 heterocycles. The first-order valence-electron chi connectivity index (χ1n) is 7.19. The third-order valence-electron chi connectivity index (χ3n) is 3.52. The number of halogens is 2. The molecule has 6 heteroatoms. The van der Waals surface area contributed by atoms with Crippen molar-refractivity contribution in [2.45, 2.75) is 6.42 Å². The first-order chi connectivity index (χ1) is 11.5. The van der Waals surface area contributed by atoms with Crippen molar-refractivity contribution in [2.75, 3.05) is 6.61 Å². The molecule has 24 heavy (non-hydrogen) atoms. The van der Waals surface area contributed by atoms with Crippen molar-refractivity contribution in [2.24, 2.45) is 0 Å². The topological polar surface area (TPSA) is 59.4 Å². The number of hydrogen-bond donors (Lipinski definition) is 1. The fourth-order valence-electron chi connectivity index (χ4n) is 2.42. The number of aromatic nitrogens is 1. The van der Waals surface area contributed by atoms with Crippen LogP contribution in [0.5, 0.6) is 5.88 Å². The molecular formula is C18H13Cl2NO3. The highest BCUT2D eigenvalue weighted by Gasteiger charge is 2.10. The molecule has 0 saturated heterocycles. The van der Waals surface area contributed by atoms with Gasteiger partial charge in [0, 0.05) is 15.8 Å². The average molecular weight is 362 g/mol. The van der Waals surface area contributed by atoms with E-state index in [4.69, 9.17) is 33.0 Å². The Morgan fingerprint density at radius 1 is 1.04 bits per heavy atom. The van der Waals surface area contributed by atoms with Crippen LogP contribution >= 0.6 is 23.2 Å². The van der Waals surface area contributed by atoms with E-state index in [1.165, 1.54) is 6.20 Å². The summed E-state index contributed by atoms with van der Waals surface area (Å²) >= 11 is 12.1. The van der Waals surface area contributed by atoms with E-state index in [9.17, 15) is 4.79 Å². The number of aliphatic carboxylic acids is 1. The van der Waals surface area contributed by atoms with Gasteiger partial charge in [0.15, 0.2) is 6.61 Å². The number of carbonyl (C=O) groups is 1. The van der Waals surface area contributed by atoms with Gasteiger partial charge in [-0.2, -0.15) is 0 Å². The van der Waals surface area contributed by atoms with Gasteiger partial charge in [-0.25, -0.2) is 9.78 Å². The molecule has 1 N–H and O–H groups in total. The Kier molecular flexibility index (Phi) is 4.88. The minimum absolute atomic E-state index is 0.259. The molecule has 0 atom stereocenters. The number of nitrogens with zero attached hydrogens (tertiary/aromatic N) is 1. The molecule has 4 nitrogen and oxygen atoms in total. The van der Waals surface area contributed by atoms with Crippen molar-refractivity contribution in [1.29, 1.82) is 0 Å². The molecule has 0 saturated carbocycles. The molecule has 0 fully saturated rings. The highest BCUT2D eigenvalue weighted by molar-refractivity contribution is 6.35. The van der Waals surface area contributed by atoms with E-state index in [1.54, 1.807) is 0 Å². The number of carboxylic acid groups (broad SMARTS) is 1. The summed E-state index contributed by atoms with van der Waals surface area (Å²) in [6.45, 7) is -0.453. The summed E-state index contributed by atoms with van der Waals surface area (Å²) in [6, 6.07) is 13.4. The lowest BCUT2D eigenvalue weighted by Crippen LogP contribution is -2.10. The fourth-order valence-corrected chi connectivity index (χ4v) is 2.76. The van der Waals surface area contributed by atoms with Crippen LogP contribution in [0.25, 0.3) is 10.8 Å². The van der Waals surface area contributed by atoms with Crippen molar-refractivity contribution < 1.29 is 14.6 Å². The van der Waals surface area contributed by atoms with Gasteiger partial charge in [0.05, 0.1) is 11.2 Å². The Hall–Kier alpha value is -2.30. The van der Waals surface area contributed by atoms with E-state index in [0.29, 0.717) is 21.9 Å². The number of rotatable bonds is 5. The predicted molar refractivity (Wildman–Crippen MR) is 94.1 cm³/mol. The van der Waals surface area contributed by atoms with Crippen molar-refractivity contribution in [3.05, 3.63) is 69.8 Å². The maximum absolute atomic E-state index is 10.7. The number of pyridine rings is 1. The first-order valence-corrected chi connectivity index (χ1v) is 7.94. The maximum atomic E-state index is 10.7. The van der Waals surface area contributed by atoms with Crippen molar-refractivity contribution in [3.8, 4) is 5.88 Å². The van der Waals surface area contributed by atoms with Gasteiger partial charge >= 0.3 is 5.97 Å². The van der Waals surface area contributed by atoms with Crippen molar-refractivity contribution in [3.63, 3.8) is 0 Å². The van der Waals surface area contributed by atoms with Crippen LogP contribution in [0.2, 0.25) is 10.0 Å². The zero-order valence-electron chi connectivity index (χ0n) is 12.5. The SMILES string of the molecule is O=C(O)COc1ncc(Cl)c2ccc(Cc3ccc(Cl)cc3)cc12. The monoisotopic (exact) mass is 361 g/mol. The van der Waals surface area contributed by atoms with Crippen LogP contribution in [-0.4, -0.2) is 22.7 Å². The normalized spacial score (nSPS) is 10.8. The highest BCUT2D eigenvalue weighted by Crippen LogP contribution is 2.30. The number of fused-ring (bicyclic) bond motifs is 1. The average Bonchev–Trinajstić information content (AvgIpc) is 2.56. The van der Waals surface area contributed by atoms with Gasteiger partial charge in [-0.15, -0.1) is 0 Å². The van der Waals surface area contributed by atoms with E-state index in [1.807, 2.05) is 42.5 Å². The number of hydrogen-bond acceptors (Lipinski definition) is 3. The molecule has 0 aliphatic rings. The highest BCUT2D eigenvalue weighted by atomic mass is 35.5. The predicted octanol–water partition coefficient (Wildman–Crippen LogP) is 4.60. The molecule has 1 aromatic heterocycles. The van der Waals surface area contributed by atoms with Gasteiger partial charge < -0.3 is 9.84 Å². The fraction of sp³-hybridized carbons (Fsp3) is 0.111. The lowest BCUT2D eigenvalue weighted by Gasteiger charge is -2.10. The third kappa shape index (κ3) is 3.78. The zero-order valence-corrected chi connectivity index (χ0v) is 14.0. The van der Waals surface area contributed by atoms with Gasteiger partial charge in [-0.3, -0.25) is 0 Å². The van der Waals surface area contributed by atoms with Crippen molar-refractivity contribution >= 4 is 39.9 Å². The van der Waals surface area contributed by atoms with E-state index in [-0.39, 0.29) is 5.88 Å². The van der Waals surface area contributed by atoms with E-state index in [0.717, 1.165) is 16.5 Å². The summed E-state index contributed by atoms with van der Waals surface area (Å²) in [5, 5.41) is 11.4. The van der Waals surface area contributed by atoms with Gasteiger partial charge in [0.25, 0.3) is 0 Å². The maximum Gasteiger partial charge on any atom is 0.341 e. The molecule has 0 aliphatic carbocycles. The Morgan fingerprint density at radius 3 is 2.46 bits per heavy atom. The minimum Gasteiger partial charge on any atom is -0.479 e. The Labute approximate surface area is 148 Å². The second-order valence-corrected chi connectivity index (χ2v) is 6.12. The van der Waals surface area contributed by atoms with Crippen LogP contribution in [-0.2, 0) is 11.2 Å². The smallest absolute Gasteiger partial charge is 0.341 e. The summed E-state index contributed by atoms with van der Waals surface area (Å²) in [5.74, 6) is -0.799. The molecule has 0 unspecified atom stereocenters. The van der Waals surface area contributed by atoms with E-state index < -0.39 is 12.6 Å². The molecule has 2 aromatic carbocycles. The third-order valence-corrected chi connectivity index (χ3v) is 4.07. The van der Waals surface area contributed by atoms with Crippen LogP contribution < -0.4 is 4.74 Å². The molecule has 0 aliphatic heterocycles. The molecule has 3 rings (SSSR count). The molecule has 3 aromatic rings. The van der Waals surface area contributed by atoms with Crippen molar-refractivity contribution in [1.82, 2.24) is 4.98 Å². The van der Waals surface area contributed by atoms with Gasteiger partial charge in [0.1, 0.15) is 0 Å². The summed E-state index contributed by atoms with van der Waals surface area (Å²) < 4.78 is 5.27. The molecule has 0 radical (unpaired) electrons. The van der Waals surface area contributed by atoms with Crippen LogP contribution in [0, 0.1) is 0 Å². The second-order valence-electron chi connectivity index (χ2n) is 5.28. The molecule has 0 spiro atoms. The van der Waals surface area contributed by atoms with Crippen LogP contribution in [0.1, 0.15) is 11.1 Å². The zero-order chi connectivity index (χ0) is 17.1. The lowest BCUT2D eigenvalue weighted by atomic mass is 10.0. The molecule has 0 amide bonds. The number of ether oxygens (including phenoxy) is 1. The Balaban J connectivity index is 1.97. The Morgan fingerprint density at radius 2 is 1.75 bits per heavy atom. The Bertz CT molecular complexity index is 895. The largest absolute Gasteiger partial charge is 0.479 e. The first kappa shape index (κ1) is 16.6. The van der Waals surface area contributed by atoms with Gasteiger partial charge in [-0.1, -0.05) is 47.5 Å². The van der Waals surface area contributed by atoms with Crippen LogP contribution in [0.4, 0.5) is 0 Å². The van der Waals surface area contributed by atoms with Crippen LogP contribution in [0.3, 0.4) is 0 Å². The van der Waals surface area contributed by atoms with Crippen LogP contribution in [0.15, 0.2) is 48.7 Å². The summed E-state index contributed by atoms with van der Waals surface area (Å²) in [6.07, 6.45) is 2.16. The second kappa shape index (κ2) is 7.07.